The van der Waals surface area contributed by atoms with Gasteiger partial charge < -0.3 is 15.3 Å². The molecule has 5 nitrogen and oxygen atoms in total. The molecule has 1 rings (SSSR count). The van der Waals surface area contributed by atoms with Crippen molar-refractivity contribution in [2.24, 2.45) is 0 Å². The molecule has 0 saturated carbocycles. The maximum Gasteiger partial charge on any atom is 0.335 e. The lowest BCUT2D eigenvalue weighted by Crippen LogP contribution is -2.47. The first-order valence-corrected chi connectivity index (χ1v) is 6.70. The standard InChI is InChI=1S/C16H22N2O3/c1-6-9-18(16(3,4)5)15(21)17-13-8-7-12(14(19)20)10-11(13)2/h6-8,10H,1,9H2,2-5H3,(H,17,21)(H,19,20). The SMILES string of the molecule is C=CCN(C(=O)Nc1ccc(C(=O)O)cc1C)C(C)(C)C. The van der Waals surface area contributed by atoms with Crippen LogP contribution in [0.25, 0.3) is 0 Å². The van der Waals surface area contributed by atoms with E-state index in [4.69, 9.17) is 5.11 Å². The zero-order chi connectivity index (χ0) is 16.2. The summed E-state index contributed by atoms with van der Waals surface area (Å²) in [4.78, 5) is 24.9. The number of hydrogen-bond donors (Lipinski definition) is 2. The van der Waals surface area contributed by atoms with Crippen molar-refractivity contribution in [3.05, 3.63) is 42.0 Å². The monoisotopic (exact) mass is 290 g/mol. The van der Waals surface area contributed by atoms with Gasteiger partial charge in [-0.05, 0) is 51.5 Å². The summed E-state index contributed by atoms with van der Waals surface area (Å²) in [6.45, 7) is 11.7. The first-order valence-electron chi connectivity index (χ1n) is 6.70. The van der Waals surface area contributed by atoms with E-state index in [0.29, 0.717) is 17.8 Å². The van der Waals surface area contributed by atoms with Crippen LogP contribution < -0.4 is 5.32 Å². The molecule has 0 unspecified atom stereocenters. The van der Waals surface area contributed by atoms with Crippen LogP contribution in [0.2, 0.25) is 0 Å². The minimum absolute atomic E-state index is 0.198. The molecular formula is C16H22N2O3. The maximum atomic E-state index is 12.4. The van der Waals surface area contributed by atoms with Gasteiger partial charge in [0.25, 0.3) is 0 Å². The van der Waals surface area contributed by atoms with E-state index in [0.717, 1.165) is 0 Å². The molecule has 0 bridgehead atoms. The van der Waals surface area contributed by atoms with E-state index in [1.807, 2.05) is 20.8 Å². The first kappa shape index (κ1) is 16.8. The normalized spacial score (nSPS) is 10.9. The number of nitrogens with zero attached hydrogens (tertiary/aromatic N) is 1. The molecule has 0 atom stereocenters. The van der Waals surface area contributed by atoms with E-state index in [2.05, 4.69) is 11.9 Å². The third kappa shape index (κ3) is 4.34. The number of anilines is 1. The van der Waals surface area contributed by atoms with Crippen molar-refractivity contribution < 1.29 is 14.7 Å². The average molecular weight is 290 g/mol. The van der Waals surface area contributed by atoms with Crippen molar-refractivity contribution in [3.8, 4) is 0 Å². The molecule has 5 heteroatoms. The molecule has 1 aromatic carbocycles. The number of hydrogen-bond acceptors (Lipinski definition) is 2. The van der Waals surface area contributed by atoms with Crippen LogP contribution in [0.4, 0.5) is 10.5 Å². The Kier molecular flexibility index (Phi) is 5.13. The van der Waals surface area contributed by atoms with Crippen LogP contribution in [0.15, 0.2) is 30.9 Å². The van der Waals surface area contributed by atoms with Gasteiger partial charge in [0.15, 0.2) is 0 Å². The van der Waals surface area contributed by atoms with E-state index < -0.39 is 5.97 Å². The topological polar surface area (TPSA) is 69.6 Å². The number of carboxylic acid groups (broad SMARTS) is 1. The largest absolute Gasteiger partial charge is 0.478 e. The molecule has 0 fully saturated rings. The number of carbonyl (C=O) groups is 2. The Morgan fingerprint density at radius 3 is 2.43 bits per heavy atom. The summed E-state index contributed by atoms with van der Waals surface area (Å²) in [7, 11) is 0. The van der Waals surface area contributed by atoms with E-state index in [9.17, 15) is 9.59 Å². The number of carbonyl (C=O) groups excluding carboxylic acids is 1. The number of benzene rings is 1. The highest BCUT2D eigenvalue weighted by atomic mass is 16.4. The molecular weight excluding hydrogens is 268 g/mol. The van der Waals surface area contributed by atoms with Crippen molar-refractivity contribution in [1.82, 2.24) is 4.90 Å². The summed E-state index contributed by atoms with van der Waals surface area (Å²) in [5.41, 5.74) is 1.16. The molecule has 1 aromatic rings. The second-order valence-corrected chi connectivity index (χ2v) is 5.84. The predicted molar refractivity (Wildman–Crippen MR) is 83.8 cm³/mol. The molecule has 0 aliphatic carbocycles. The number of aromatic carboxylic acids is 1. The van der Waals surface area contributed by atoms with Gasteiger partial charge in [0.05, 0.1) is 5.56 Å². The van der Waals surface area contributed by atoms with E-state index in [-0.39, 0.29) is 17.1 Å². The van der Waals surface area contributed by atoms with Gasteiger partial charge >= 0.3 is 12.0 Å². The van der Waals surface area contributed by atoms with Crippen molar-refractivity contribution in [1.29, 1.82) is 0 Å². The van der Waals surface area contributed by atoms with Gasteiger partial charge in [0.1, 0.15) is 0 Å². The van der Waals surface area contributed by atoms with E-state index in [1.165, 1.54) is 12.1 Å². The van der Waals surface area contributed by atoms with Gasteiger partial charge in [-0.2, -0.15) is 0 Å². The second-order valence-electron chi connectivity index (χ2n) is 5.84. The summed E-state index contributed by atoms with van der Waals surface area (Å²) in [6, 6.07) is 4.37. The highest BCUT2D eigenvalue weighted by Gasteiger charge is 2.25. The van der Waals surface area contributed by atoms with Crippen LogP contribution in [0.5, 0.6) is 0 Å². The molecule has 0 spiro atoms. The maximum absolute atomic E-state index is 12.4. The Labute approximate surface area is 125 Å². The smallest absolute Gasteiger partial charge is 0.335 e. The third-order valence-corrected chi connectivity index (χ3v) is 3.08. The van der Waals surface area contributed by atoms with Gasteiger partial charge in [0.2, 0.25) is 0 Å². The number of aryl methyl sites for hydroxylation is 1. The lowest BCUT2D eigenvalue weighted by atomic mass is 10.1. The second kappa shape index (κ2) is 6.43. The number of amides is 2. The molecule has 0 radical (unpaired) electrons. The average Bonchev–Trinajstić information content (AvgIpc) is 2.36. The Morgan fingerprint density at radius 1 is 1.38 bits per heavy atom. The molecule has 21 heavy (non-hydrogen) atoms. The highest BCUT2D eigenvalue weighted by Crippen LogP contribution is 2.20. The summed E-state index contributed by atoms with van der Waals surface area (Å²) >= 11 is 0. The molecule has 0 aliphatic heterocycles. The van der Waals surface area contributed by atoms with Gasteiger partial charge in [-0.15, -0.1) is 6.58 Å². The van der Waals surface area contributed by atoms with Crippen molar-refractivity contribution in [3.63, 3.8) is 0 Å². The Bertz CT molecular complexity index is 559. The van der Waals surface area contributed by atoms with Gasteiger partial charge in [-0.1, -0.05) is 6.08 Å². The van der Waals surface area contributed by atoms with Crippen molar-refractivity contribution in [2.45, 2.75) is 33.2 Å². The predicted octanol–water partition coefficient (Wildman–Crippen LogP) is 3.51. The number of carboxylic acids is 1. The summed E-state index contributed by atoms with van der Waals surface area (Å²) in [5, 5.41) is 11.8. The van der Waals surface area contributed by atoms with Crippen molar-refractivity contribution in [2.75, 3.05) is 11.9 Å². The van der Waals surface area contributed by atoms with Crippen LogP contribution in [0, 0.1) is 6.92 Å². The Balaban J connectivity index is 2.96. The lowest BCUT2D eigenvalue weighted by molar-refractivity contribution is 0.0696. The Morgan fingerprint density at radius 2 is 2.00 bits per heavy atom. The van der Waals surface area contributed by atoms with Crippen LogP contribution in [0.3, 0.4) is 0 Å². The Hall–Kier alpha value is -2.30. The van der Waals surface area contributed by atoms with Crippen LogP contribution in [-0.2, 0) is 0 Å². The fourth-order valence-corrected chi connectivity index (χ4v) is 1.91. The van der Waals surface area contributed by atoms with Crippen LogP contribution >= 0.6 is 0 Å². The van der Waals surface area contributed by atoms with Crippen LogP contribution in [0.1, 0.15) is 36.7 Å². The molecule has 0 saturated heterocycles. The van der Waals surface area contributed by atoms with Gasteiger partial charge in [-0.3, -0.25) is 0 Å². The quantitative estimate of drug-likeness (QED) is 0.834. The summed E-state index contributed by atoms with van der Waals surface area (Å²) in [6.07, 6.45) is 1.67. The highest BCUT2D eigenvalue weighted by molar-refractivity contribution is 5.93. The fraction of sp³-hybridized carbons (Fsp3) is 0.375. The zero-order valence-electron chi connectivity index (χ0n) is 12.9. The molecule has 114 valence electrons. The number of rotatable bonds is 4. The molecule has 0 heterocycles. The summed E-state index contributed by atoms with van der Waals surface area (Å²) < 4.78 is 0. The first-order chi connectivity index (χ1) is 9.66. The van der Waals surface area contributed by atoms with E-state index in [1.54, 1.807) is 24.0 Å². The van der Waals surface area contributed by atoms with Crippen molar-refractivity contribution >= 4 is 17.7 Å². The van der Waals surface area contributed by atoms with Gasteiger partial charge in [-0.25, -0.2) is 9.59 Å². The fourth-order valence-electron chi connectivity index (χ4n) is 1.91. The number of nitrogens with one attached hydrogen (secondary N) is 1. The molecule has 2 amide bonds. The minimum Gasteiger partial charge on any atom is -0.478 e. The minimum atomic E-state index is -0.987. The van der Waals surface area contributed by atoms with Crippen LogP contribution in [-0.4, -0.2) is 34.1 Å². The third-order valence-electron chi connectivity index (χ3n) is 3.08. The zero-order valence-corrected chi connectivity index (χ0v) is 12.9. The lowest BCUT2D eigenvalue weighted by Gasteiger charge is -2.35. The summed E-state index contributed by atoms with van der Waals surface area (Å²) in [5.74, 6) is -0.987. The molecule has 0 aromatic heterocycles. The number of urea groups is 1. The van der Waals surface area contributed by atoms with Gasteiger partial charge in [0, 0.05) is 17.8 Å². The molecule has 2 N–H and O–H groups in total. The molecule has 0 aliphatic rings. The van der Waals surface area contributed by atoms with E-state index >= 15 is 0 Å².